The van der Waals surface area contributed by atoms with Crippen LogP contribution in [0, 0.1) is 0 Å². The van der Waals surface area contributed by atoms with Gasteiger partial charge in [-0.2, -0.15) is 0 Å². The van der Waals surface area contributed by atoms with Gasteiger partial charge in [-0.25, -0.2) is 0 Å². The Kier molecular flexibility index (Phi) is 4.08. The van der Waals surface area contributed by atoms with E-state index in [9.17, 15) is 4.79 Å². The van der Waals surface area contributed by atoms with Crippen molar-refractivity contribution < 1.29 is 4.79 Å². The molecule has 0 fully saturated rings. The maximum absolute atomic E-state index is 11.2. The zero-order chi connectivity index (χ0) is 16.5. The molecule has 0 saturated carbocycles. The molecule has 1 aliphatic rings. The molecular formula is C20H16NOS2+. The van der Waals surface area contributed by atoms with Crippen molar-refractivity contribution in [3.8, 4) is 0 Å². The molecule has 0 aromatic heterocycles. The summed E-state index contributed by atoms with van der Waals surface area (Å²) < 4.78 is 0. The van der Waals surface area contributed by atoms with Gasteiger partial charge in [0.1, 0.15) is 10.9 Å². The third-order valence-electron chi connectivity index (χ3n) is 3.77. The van der Waals surface area contributed by atoms with Crippen molar-refractivity contribution in [1.29, 1.82) is 0 Å². The third kappa shape index (κ3) is 2.83. The van der Waals surface area contributed by atoms with Crippen LogP contribution in [0.3, 0.4) is 0 Å². The molecule has 4 rings (SSSR count). The summed E-state index contributed by atoms with van der Waals surface area (Å²) >= 11 is 1.84. The normalized spacial score (nSPS) is 13.0. The molecule has 0 aliphatic carbocycles. The van der Waals surface area contributed by atoms with Crippen LogP contribution in [0.5, 0.6) is 0 Å². The second kappa shape index (κ2) is 6.38. The largest absolute Gasteiger partial charge is 0.326 e. The number of carbonyl (C=O) groups excluding carboxylic acids is 1. The van der Waals surface area contributed by atoms with E-state index in [1.807, 2.05) is 23.9 Å². The fourth-order valence-electron chi connectivity index (χ4n) is 2.77. The predicted molar refractivity (Wildman–Crippen MR) is 99.9 cm³/mol. The van der Waals surface area contributed by atoms with E-state index in [4.69, 9.17) is 0 Å². The van der Waals surface area contributed by atoms with E-state index >= 15 is 0 Å². The van der Waals surface area contributed by atoms with Crippen LogP contribution in [0.15, 0.2) is 97.3 Å². The van der Waals surface area contributed by atoms with Crippen LogP contribution in [0.25, 0.3) is 0 Å². The second-order valence-corrected chi connectivity index (χ2v) is 8.55. The Bertz CT molecular complexity index is 860. The highest BCUT2D eigenvalue weighted by Gasteiger charge is 2.37. The first-order valence-corrected chi connectivity index (χ1v) is 9.74. The lowest BCUT2D eigenvalue weighted by molar-refractivity contribution is -0.114. The lowest BCUT2D eigenvalue weighted by Crippen LogP contribution is -2.11. The molecule has 4 heteroatoms. The van der Waals surface area contributed by atoms with E-state index in [-0.39, 0.29) is 16.8 Å². The SMILES string of the molecule is CC(=O)Nc1ccc([S+]2c3ccccc3Sc3ccccc32)cc1. The van der Waals surface area contributed by atoms with E-state index in [0.29, 0.717) is 0 Å². The van der Waals surface area contributed by atoms with Crippen molar-refractivity contribution in [3.63, 3.8) is 0 Å². The standard InChI is InChI=1S/C20H15NOS2/c1-14(22)21-15-10-12-16(13-11-15)24-19-8-4-2-6-17(19)23-18-7-3-5-9-20(18)24/h2-13H,1H3/p+1. The van der Waals surface area contributed by atoms with Crippen molar-refractivity contribution >= 4 is 34.3 Å². The van der Waals surface area contributed by atoms with Gasteiger partial charge >= 0.3 is 0 Å². The molecule has 0 radical (unpaired) electrons. The van der Waals surface area contributed by atoms with Gasteiger partial charge in [0.05, 0.1) is 9.79 Å². The fraction of sp³-hybridized carbons (Fsp3) is 0.0500. The fourth-order valence-corrected chi connectivity index (χ4v) is 6.51. The number of hydrogen-bond donors (Lipinski definition) is 1. The van der Waals surface area contributed by atoms with Crippen LogP contribution in [-0.2, 0) is 15.7 Å². The number of rotatable bonds is 2. The predicted octanol–water partition coefficient (Wildman–Crippen LogP) is 5.21. The summed E-state index contributed by atoms with van der Waals surface area (Å²) in [5.41, 5.74) is 0.836. The number of anilines is 1. The molecule has 0 saturated heterocycles. The molecular weight excluding hydrogens is 334 g/mol. The topological polar surface area (TPSA) is 29.1 Å². The van der Waals surface area contributed by atoms with Gasteiger partial charge in [-0.1, -0.05) is 36.0 Å². The Morgan fingerprint density at radius 1 is 0.833 bits per heavy atom. The number of amides is 1. The molecule has 118 valence electrons. The zero-order valence-corrected chi connectivity index (χ0v) is 14.8. The smallest absolute Gasteiger partial charge is 0.221 e. The van der Waals surface area contributed by atoms with Gasteiger partial charge < -0.3 is 5.32 Å². The number of fused-ring (bicyclic) bond motifs is 2. The summed E-state index contributed by atoms with van der Waals surface area (Å²) in [6.45, 7) is 1.53. The molecule has 0 bridgehead atoms. The van der Waals surface area contributed by atoms with Crippen molar-refractivity contribution in [2.75, 3.05) is 5.32 Å². The highest BCUT2D eigenvalue weighted by Crippen LogP contribution is 2.48. The summed E-state index contributed by atoms with van der Waals surface area (Å²) in [4.78, 5) is 17.9. The van der Waals surface area contributed by atoms with Gasteiger partial charge in [-0.05, 0) is 48.5 Å². The van der Waals surface area contributed by atoms with Crippen LogP contribution >= 0.6 is 11.8 Å². The van der Waals surface area contributed by atoms with E-state index in [1.54, 1.807) is 0 Å². The highest BCUT2D eigenvalue weighted by molar-refractivity contribution is 8.04. The van der Waals surface area contributed by atoms with Gasteiger partial charge in [0, 0.05) is 12.6 Å². The summed E-state index contributed by atoms with van der Waals surface area (Å²) in [6.07, 6.45) is 0. The van der Waals surface area contributed by atoms with E-state index < -0.39 is 0 Å². The first-order valence-electron chi connectivity index (χ1n) is 7.70. The quantitative estimate of drug-likeness (QED) is 0.503. The Morgan fingerprint density at radius 2 is 1.38 bits per heavy atom. The minimum atomic E-state index is -0.112. The monoisotopic (exact) mass is 350 g/mol. The van der Waals surface area contributed by atoms with Crippen molar-refractivity contribution in [2.24, 2.45) is 0 Å². The van der Waals surface area contributed by atoms with Gasteiger partial charge in [-0.15, -0.1) is 0 Å². The maximum atomic E-state index is 11.2. The number of benzene rings is 3. The average molecular weight is 350 g/mol. The van der Waals surface area contributed by atoms with Crippen molar-refractivity contribution in [3.05, 3.63) is 72.8 Å². The average Bonchev–Trinajstić information content (AvgIpc) is 2.60. The lowest BCUT2D eigenvalue weighted by atomic mass is 10.3. The minimum Gasteiger partial charge on any atom is -0.326 e. The summed E-state index contributed by atoms with van der Waals surface area (Å²) in [5.74, 6) is -0.0463. The molecule has 0 spiro atoms. The van der Waals surface area contributed by atoms with Gasteiger partial charge in [0.2, 0.25) is 5.91 Å². The molecule has 3 aromatic rings. The zero-order valence-electron chi connectivity index (χ0n) is 13.2. The lowest BCUT2D eigenvalue weighted by Gasteiger charge is -2.18. The molecule has 24 heavy (non-hydrogen) atoms. The molecule has 3 aromatic carbocycles. The van der Waals surface area contributed by atoms with Crippen molar-refractivity contribution in [1.82, 2.24) is 0 Å². The second-order valence-electron chi connectivity index (χ2n) is 5.51. The Hall–Kier alpha value is -2.17. The first-order chi connectivity index (χ1) is 11.7. The third-order valence-corrected chi connectivity index (χ3v) is 7.51. The minimum absolute atomic E-state index is 0.0463. The molecule has 2 nitrogen and oxygen atoms in total. The maximum Gasteiger partial charge on any atom is 0.221 e. The van der Waals surface area contributed by atoms with E-state index in [2.05, 4.69) is 66.0 Å². The first kappa shape index (κ1) is 15.4. The molecule has 1 aliphatic heterocycles. The molecule has 1 heterocycles. The summed E-state index contributed by atoms with van der Waals surface area (Å²) in [6, 6.07) is 25.5. The van der Waals surface area contributed by atoms with Crippen LogP contribution < -0.4 is 5.32 Å². The Morgan fingerprint density at radius 3 is 1.92 bits per heavy atom. The van der Waals surface area contributed by atoms with Gasteiger partial charge in [0.15, 0.2) is 14.7 Å². The Labute approximate surface area is 148 Å². The molecule has 1 N–H and O–H groups in total. The molecule has 0 atom stereocenters. The van der Waals surface area contributed by atoms with Crippen LogP contribution in [0.2, 0.25) is 0 Å². The number of carbonyl (C=O) groups is 1. The van der Waals surface area contributed by atoms with Crippen LogP contribution in [-0.4, -0.2) is 5.91 Å². The van der Waals surface area contributed by atoms with Crippen molar-refractivity contribution in [2.45, 2.75) is 31.4 Å². The molecule has 1 amide bonds. The van der Waals surface area contributed by atoms with Gasteiger partial charge in [0.25, 0.3) is 0 Å². The summed E-state index contributed by atoms with van der Waals surface area (Å²) in [5, 5.41) is 2.83. The highest BCUT2D eigenvalue weighted by atomic mass is 32.2. The van der Waals surface area contributed by atoms with Crippen LogP contribution in [0.1, 0.15) is 6.92 Å². The summed E-state index contributed by atoms with van der Waals surface area (Å²) in [7, 11) is -0.112. The van der Waals surface area contributed by atoms with Crippen LogP contribution in [0.4, 0.5) is 5.69 Å². The molecule has 0 unspecified atom stereocenters. The number of hydrogen-bond acceptors (Lipinski definition) is 2. The Balaban J connectivity index is 1.81. The number of nitrogens with one attached hydrogen (secondary N) is 1. The van der Waals surface area contributed by atoms with E-state index in [0.717, 1.165) is 5.69 Å². The van der Waals surface area contributed by atoms with E-state index in [1.165, 1.54) is 31.4 Å². The van der Waals surface area contributed by atoms with Gasteiger partial charge in [-0.3, -0.25) is 4.79 Å².